The van der Waals surface area contributed by atoms with Crippen LogP contribution in [0.4, 0.5) is 21.5 Å². The molecule has 8 nitrogen and oxygen atoms in total. The Bertz CT molecular complexity index is 1240. The number of nitro benzene ring substituents is 1. The van der Waals surface area contributed by atoms with Crippen LogP contribution in [-0.2, 0) is 0 Å². The molecule has 0 heterocycles. The lowest BCUT2D eigenvalue weighted by molar-refractivity contribution is -0.384. The number of hydrogen-bond donors (Lipinski definition) is 2. The van der Waals surface area contributed by atoms with Crippen LogP contribution >= 0.6 is 23.2 Å². The molecule has 0 radical (unpaired) electrons. The molecule has 0 aromatic heterocycles. The largest absolute Gasteiger partial charge is 0.495 e. The summed E-state index contributed by atoms with van der Waals surface area (Å²) in [5.41, 5.74) is -0.0440. The summed E-state index contributed by atoms with van der Waals surface area (Å²) in [5.74, 6) is -1.92. The third-order valence-corrected chi connectivity index (χ3v) is 4.84. The van der Waals surface area contributed by atoms with Crippen molar-refractivity contribution >= 4 is 52.1 Å². The van der Waals surface area contributed by atoms with Gasteiger partial charge in [0.05, 0.1) is 33.9 Å². The van der Waals surface area contributed by atoms with Crippen LogP contribution in [0.3, 0.4) is 0 Å². The number of ether oxygens (including phenoxy) is 1. The smallest absolute Gasteiger partial charge is 0.270 e. The van der Waals surface area contributed by atoms with Crippen molar-refractivity contribution in [1.29, 1.82) is 0 Å². The second-order valence-electron chi connectivity index (χ2n) is 6.37. The van der Waals surface area contributed by atoms with Crippen LogP contribution in [0.15, 0.2) is 54.6 Å². The first-order chi connectivity index (χ1) is 15.2. The molecule has 0 aliphatic carbocycles. The first kappa shape index (κ1) is 23.0. The van der Waals surface area contributed by atoms with Crippen molar-refractivity contribution in [2.75, 3.05) is 17.7 Å². The first-order valence-electron chi connectivity index (χ1n) is 8.89. The number of nitrogens with zero attached hydrogens (tertiary/aromatic N) is 1. The molecule has 2 amide bonds. The Labute approximate surface area is 191 Å². The predicted octanol–water partition coefficient (Wildman–Crippen LogP) is 5.55. The van der Waals surface area contributed by atoms with Gasteiger partial charge in [0, 0.05) is 22.8 Å². The Balaban J connectivity index is 1.83. The molecule has 0 spiro atoms. The number of carbonyl (C=O) groups excluding carboxylic acids is 2. The molecule has 32 heavy (non-hydrogen) atoms. The zero-order valence-corrected chi connectivity index (χ0v) is 17.8. The van der Waals surface area contributed by atoms with Crippen molar-refractivity contribution in [2.24, 2.45) is 0 Å². The quantitative estimate of drug-likeness (QED) is 0.356. The Hall–Kier alpha value is -3.69. The molecule has 0 atom stereocenters. The molecular formula is C21H14Cl2FN3O5. The van der Waals surface area contributed by atoms with Gasteiger partial charge in [0.2, 0.25) is 0 Å². The number of halogens is 3. The molecule has 0 bridgehead atoms. The zero-order valence-electron chi connectivity index (χ0n) is 16.3. The number of benzene rings is 3. The van der Waals surface area contributed by atoms with Crippen LogP contribution in [0, 0.1) is 15.9 Å². The number of anilines is 2. The summed E-state index contributed by atoms with van der Waals surface area (Å²) in [6, 6.07) is 11.5. The van der Waals surface area contributed by atoms with Crippen molar-refractivity contribution in [1.82, 2.24) is 0 Å². The lowest BCUT2D eigenvalue weighted by Crippen LogP contribution is -2.16. The molecule has 0 unspecified atom stereocenters. The van der Waals surface area contributed by atoms with Gasteiger partial charge >= 0.3 is 0 Å². The molecule has 0 aliphatic heterocycles. The summed E-state index contributed by atoms with van der Waals surface area (Å²) in [6.07, 6.45) is 0. The molecular weight excluding hydrogens is 464 g/mol. The van der Waals surface area contributed by atoms with Crippen LogP contribution in [0.1, 0.15) is 20.7 Å². The molecule has 3 aromatic carbocycles. The number of amides is 2. The maximum Gasteiger partial charge on any atom is 0.270 e. The van der Waals surface area contributed by atoms with E-state index >= 15 is 0 Å². The predicted molar refractivity (Wildman–Crippen MR) is 118 cm³/mol. The van der Waals surface area contributed by atoms with E-state index in [1.807, 2.05) is 0 Å². The van der Waals surface area contributed by atoms with Crippen molar-refractivity contribution in [2.45, 2.75) is 0 Å². The first-order valence-corrected chi connectivity index (χ1v) is 9.65. The number of nitrogens with one attached hydrogen (secondary N) is 2. The van der Waals surface area contributed by atoms with Crippen LogP contribution in [-0.4, -0.2) is 23.8 Å². The summed E-state index contributed by atoms with van der Waals surface area (Å²) in [5, 5.41) is 16.0. The minimum absolute atomic E-state index is 0.0157. The summed E-state index contributed by atoms with van der Waals surface area (Å²) >= 11 is 11.7. The lowest BCUT2D eigenvalue weighted by atomic mass is 10.1. The van der Waals surface area contributed by atoms with Gasteiger partial charge in [0.1, 0.15) is 11.6 Å². The Morgan fingerprint density at radius 2 is 1.66 bits per heavy atom. The van der Waals surface area contributed by atoms with Crippen LogP contribution < -0.4 is 15.4 Å². The fourth-order valence-electron chi connectivity index (χ4n) is 2.75. The van der Waals surface area contributed by atoms with E-state index in [9.17, 15) is 24.1 Å². The summed E-state index contributed by atoms with van der Waals surface area (Å²) in [4.78, 5) is 35.2. The number of rotatable bonds is 6. The van der Waals surface area contributed by atoms with Gasteiger partial charge in [0.25, 0.3) is 17.5 Å². The lowest BCUT2D eigenvalue weighted by Gasteiger charge is -2.13. The van der Waals surface area contributed by atoms with Gasteiger partial charge in [-0.05, 0) is 42.5 Å². The molecule has 3 rings (SSSR count). The molecule has 164 valence electrons. The second kappa shape index (κ2) is 9.63. The van der Waals surface area contributed by atoms with Gasteiger partial charge in [-0.2, -0.15) is 0 Å². The average Bonchev–Trinajstić information content (AvgIpc) is 2.73. The number of nitro groups is 1. The highest BCUT2D eigenvalue weighted by Crippen LogP contribution is 2.30. The topological polar surface area (TPSA) is 111 Å². The minimum atomic E-state index is -0.800. The van der Waals surface area contributed by atoms with Crippen LogP contribution in [0.2, 0.25) is 10.0 Å². The van der Waals surface area contributed by atoms with Crippen molar-refractivity contribution in [3.05, 3.63) is 91.7 Å². The fourth-order valence-corrected chi connectivity index (χ4v) is 3.17. The summed E-state index contributed by atoms with van der Waals surface area (Å²) < 4.78 is 19.3. The number of methoxy groups -OCH3 is 1. The fraction of sp³-hybridized carbons (Fsp3) is 0.0476. The van der Waals surface area contributed by atoms with Crippen molar-refractivity contribution < 1.29 is 23.6 Å². The van der Waals surface area contributed by atoms with E-state index in [1.165, 1.54) is 43.5 Å². The molecule has 0 saturated heterocycles. The van der Waals surface area contributed by atoms with E-state index in [0.717, 1.165) is 18.2 Å². The summed E-state index contributed by atoms with van der Waals surface area (Å²) in [7, 11) is 1.38. The van der Waals surface area contributed by atoms with E-state index in [1.54, 1.807) is 0 Å². The van der Waals surface area contributed by atoms with E-state index < -0.39 is 22.6 Å². The highest BCUT2D eigenvalue weighted by atomic mass is 35.5. The van der Waals surface area contributed by atoms with Crippen LogP contribution in [0.25, 0.3) is 0 Å². The summed E-state index contributed by atoms with van der Waals surface area (Å²) in [6.45, 7) is 0. The van der Waals surface area contributed by atoms with Crippen LogP contribution in [0.5, 0.6) is 5.75 Å². The normalized spacial score (nSPS) is 10.4. The molecule has 11 heteroatoms. The Morgan fingerprint density at radius 1 is 0.969 bits per heavy atom. The van der Waals surface area contributed by atoms with Gasteiger partial charge in [-0.25, -0.2) is 4.39 Å². The highest BCUT2D eigenvalue weighted by Gasteiger charge is 2.18. The molecule has 2 N–H and O–H groups in total. The zero-order chi connectivity index (χ0) is 23.4. The SMILES string of the molecule is COc1ccc(NC(=O)c2ccc([N+](=O)[O-])cc2Cl)cc1NC(=O)c1ccc(Cl)cc1F. The Kier molecular flexibility index (Phi) is 6.92. The van der Waals surface area contributed by atoms with E-state index in [2.05, 4.69) is 10.6 Å². The maximum absolute atomic E-state index is 14.1. The molecule has 0 saturated carbocycles. The molecule has 0 fully saturated rings. The van der Waals surface area contributed by atoms with Gasteiger partial charge in [-0.1, -0.05) is 23.2 Å². The number of hydrogen-bond acceptors (Lipinski definition) is 5. The van der Waals surface area contributed by atoms with Gasteiger partial charge in [-0.15, -0.1) is 0 Å². The maximum atomic E-state index is 14.1. The third-order valence-electron chi connectivity index (χ3n) is 4.29. The number of carbonyl (C=O) groups is 2. The van der Waals surface area contributed by atoms with Crippen molar-refractivity contribution in [3.8, 4) is 5.75 Å². The average molecular weight is 478 g/mol. The van der Waals surface area contributed by atoms with E-state index in [4.69, 9.17) is 27.9 Å². The van der Waals surface area contributed by atoms with Gasteiger partial charge in [0.15, 0.2) is 0 Å². The monoisotopic (exact) mass is 477 g/mol. The highest BCUT2D eigenvalue weighted by molar-refractivity contribution is 6.34. The van der Waals surface area contributed by atoms with Crippen molar-refractivity contribution in [3.63, 3.8) is 0 Å². The standard InChI is InChI=1S/C21H14Cl2FN3O5/c1-32-19-7-3-12(25-20(28)14-6-4-13(27(30)31)10-16(14)23)9-18(19)26-21(29)15-5-2-11(22)8-17(15)24/h2-10H,1H3,(H,25,28)(H,26,29). The second-order valence-corrected chi connectivity index (χ2v) is 7.21. The molecule has 3 aromatic rings. The van der Waals surface area contributed by atoms with Gasteiger partial charge in [-0.3, -0.25) is 19.7 Å². The van der Waals surface area contributed by atoms with E-state index in [0.29, 0.717) is 0 Å². The minimum Gasteiger partial charge on any atom is -0.495 e. The Morgan fingerprint density at radius 3 is 2.28 bits per heavy atom. The van der Waals surface area contributed by atoms with Gasteiger partial charge < -0.3 is 15.4 Å². The molecule has 0 aliphatic rings. The number of non-ortho nitro benzene ring substituents is 1. The van der Waals surface area contributed by atoms with E-state index in [-0.39, 0.29) is 44.0 Å². The third kappa shape index (κ3) is 5.13.